The average Bonchev–Trinajstić information content (AvgIpc) is 2.42. The van der Waals surface area contributed by atoms with Crippen molar-refractivity contribution in [3.05, 3.63) is 39.4 Å². The van der Waals surface area contributed by atoms with Crippen LogP contribution in [-0.2, 0) is 10.0 Å². The molecule has 0 bridgehead atoms. The highest BCUT2D eigenvalue weighted by atomic mass is 79.9. The minimum absolute atomic E-state index is 0.0993. The maximum Gasteiger partial charge on any atom is 0.243 e. The highest BCUT2D eigenvalue weighted by molar-refractivity contribution is 9.11. The number of hydrogen-bond acceptors (Lipinski definition) is 5. The first-order valence-corrected chi connectivity index (χ1v) is 8.65. The maximum atomic E-state index is 11.5. The Morgan fingerprint density at radius 3 is 2.43 bits per heavy atom. The molecule has 0 aliphatic heterocycles. The van der Waals surface area contributed by atoms with Crippen molar-refractivity contribution in [1.29, 1.82) is 0 Å². The van der Waals surface area contributed by atoms with Gasteiger partial charge < -0.3 is 9.47 Å². The second-order valence-corrected chi connectivity index (χ2v) is 7.11. The zero-order valence-corrected chi connectivity index (χ0v) is 14.7. The molecule has 0 amide bonds. The molecule has 0 saturated heterocycles. The van der Waals surface area contributed by atoms with Crippen LogP contribution in [0.5, 0.6) is 17.4 Å². The molecule has 2 aromatic rings. The minimum atomic E-state index is -3.93. The number of methoxy groups -OCH3 is 1. The fraction of sp³-hybridized carbons (Fsp3) is 0.0833. The summed E-state index contributed by atoms with van der Waals surface area (Å²) in [7, 11) is -2.40. The van der Waals surface area contributed by atoms with Crippen LogP contribution in [0.4, 0.5) is 0 Å². The summed E-state index contributed by atoms with van der Waals surface area (Å²) in [5, 5.41) is 5.14. The smallest absolute Gasteiger partial charge is 0.243 e. The Morgan fingerprint density at radius 2 is 1.81 bits per heavy atom. The fourth-order valence-electron chi connectivity index (χ4n) is 1.52. The van der Waals surface area contributed by atoms with E-state index < -0.39 is 10.0 Å². The number of nitrogens with zero attached hydrogens (tertiary/aromatic N) is 1. The average molecular weight is 438 g/mol. The summed E-state index contributed by atoms with van der Waals surface area (Å²) in [5.74, 6) is 0.867. The summed E-state index contributed by atoms with van der Waals surface area (Å²) in [6.07, 6.45) is 1.41. The van der Waals surface area contributed by atoms with Gasteiger partial charge in [0, 0.05) is 6.20 Å². The molecular formula is C12H10Br2N2O4S. The lowest BCUT2D eigenvalue weighted by atomic mass is 10.3. The molecule has 1 aromatic carbocycles. The van der Waals surface area contributed by atoms with Crippen molar-refractivity contribution in [1.82, 2.24) is 4.98 Å². The van der Waals surface area contributed by atoms with E-state index >= 15 is 0 Å². The van der Waals surface area contributed by atoms with E-state index in [0.29, 0.717) is 20.4 Å². The molecule has 1 aromatic heterocycles. The van der Waals surface area contributed by atoms with Crippen LogP contribution in [0.3, 0.4) is 0 Å². The van der Waals surface area contributed by atoms with Crippen molar-refractivity contribution in [3.8, 4) is 17.4 Å². The molecule has 0 spiro atoms. The number of ether oxygens (including phenoxy) is 2. The van der Waals surface area contributed by atoms with Gasteiger partial charge in [-0.05, 0) is 56.1 Å². The molecule has 0 aliphatic rings. The van der Waals surface area contributed by atoms with E-state index in [1.807, 2.05) is 0 Å². The predicted octanol–water partition coefficient (Wildman–Crippen LogP) is 3.05. The van der Waals surface area contributed by atoms with Crippen LogP contribution in [0, 0.1) is 0 Å². The van der Waals surface area contributed by atoms with Gasteiger partial charge in [0.2, 0.25) is 15.9 Å². The molecule has 0 aliphatic carbocycles. The van der Waals surface area contributed by atoms with Gasteiger partial charge in [-0.1, -0.05) is 0 Å². The lowest BCUT2D eigenvalue weighted by molar-refractivity contribution is 0.407. The zero-order valence-electron chi connectivity index (χ0n) is 10.7. The fourth-order valence-corrected chi connectivity index (χ4v) is 3.01. The molecule has 0 radical (unpaired) electrons. The lowest BCUT2D eigenvalue weighted by Crippen LogP contribution is -2.13. The third kappa shape index (κ3) is 3.73. The first-order chi connectivity index (χ1) is 9.82. The molecule has 0 fully saturated rings. The minimum Gasteiger partial charge on any atom is -0.496 e. The number of nitrogens with two attached hydrogens (primary N) is 1. The second-order valence-electron chi connectivity index (χ2n) is 3.87. The van der Waals surface area contributed by atoms with Gasteiger partial charge in [0.15, 0.2) is 0 Å². The van der Waals surface area contributed by atoms with Crippen LogP contribution in [-0.4, -0.2) is 20.5 Å². The summed E-state index contributed by atoms with van der Waals surface area (Å²) in [4.78, 5) is 3.71. The van der Waals surface area contributed by atoms with Gasteiger partial charge in [0.05, 0.1) is 16.1 Å². The Balaban J connectivity index is 2.47. The number of rotatable bonds is 4. The summed E-state index contributed by atoms with van der Waals surface area (Å²) in [6, 6.07) is 6.10. The van der Waals surface area contributed by atoms with E-state index in [1.54, 1.807) is 12.1 Å². The van der Waals surface area contributed by atoms with Gasteiger partial charge in [-0.2, -0.15) is 0 Å². The quantitative estimate of drug-likeness (QED) is 0.793. The standard InChI is InChI=1S/C12H10Br2N2O4S/c1-19-9-5-8(14)10(6-7(9)13)20-12-11(21(15,17)18)3-2-4-16-12/h2-6H,1H3,(H2,15,17,18). The molecule has 21 heavy (non-hydrogen) atoms. The van der Waals surface area contributed by atoms with Crippen LogP contribution in [0.15, 0.2) is 44.3 Å². The molecule has 1 heterocycles. The largest absolute Gasteiger partial charge is 0.496 e. The van der Waals surface area contributed by atoms with E-state index in [9.17, 15) is 8.42 Å². The van der Waals surface area contributed by atoms with Crippen LogP contribution >= 0.6 is 31.9 Å². The maximum absolute atomic E-state index is 11.5. The molecule has 2 rings (SSSR count). The first-order valence-electron chi connectivity index (χ1n) is 5.51. The number of benzene rings is 1. The number of pyridine rings is 1. The van der Waals surface area contributed by atoms with Crippen molar-refractivity contribution < 1.29 is 17.9 Å². The molecule has 112 valence electrons. The number of sulfonamides is 1. The van der Waals surface area contributed by atoms with Crippen LogP contribution in [0.2, 0.25) is 0 Å². The Labute approximate surface area is 138 Å². The van der Waals surface area contributed by atoms with E-state index in [-0.39, 0.29) is 10.8 Å². The van der Waals surface area contributed by atoms with E-state index in [2.05, 4.69) is 36.8 Å². The molecule has 2 N–H and O–H groups in total. The number of hydrogen-bond donors (Lipinski definition) is 1. The number of aromatic nitrogens is 1. The van der Waals surface area contributed by atoms with Crippen molar-refractivity contribution in [2.45, 2.75) is 4.90 Å². The molecule has 6 nitrogen and oxygen atoms in total. The Hall–Kier alpha value is -1.16. The van der Waals surface area contributed by atoms with E-state index in [1.165, 1.54) is 25.4 Å². The topological polar surface area (TPSA) is 91.5 Å². The SMILES string of the molecule is COc1cc(Br)c(Oc2ncccc2S(N)(=O)=O)cc1Br. The van der Waals surface area contributed by atoms with Gasteiger partial charge in [-0.15, -0.1) is 0 Å². The van der Waals surface area contributed by atoms with Gasteiger partial charge >= 0.3 is 0 Å². The third-order valence-electron chi connectivity index (χ3n) is 2.46. The number of halogens is 2. The van der Waals surface area contributed by atoms with Gasteiger partial charge in [-0.3, -0.25) is 0 Å². The first kappa shape index (κ1) is 16.2. The monoisotopic (exact) mass is 436 g/mol. The Morgan fingerprint density at radius 1 is 1.19 bits per heavy atom. The van der Waals surface area contributed by atoms with Gasteiger partial charge in [0.25, 0.3) is 0 Å². The molecular weight excluding hydrogens is 428 g/mol. The van der Waals surface area contributed by atoms with Gasteiger partial charge in [0.1, 0.15) is 16.4 Å². The van der Waals surface area contributed by atoms with Gasteiger partial charge in [-0.25, -0.2) is 18.5 Å². The van der Waals surface area contributed by atoms with Crippen molar-refractivity contribution in [2.75, 3.05) is 7.11 Å². The van der Waals surface area contributed by atoms with Crippen molar-refractivity contribution in [3.63, 3.8) is 0 Å². The Bertz CT molecular complexity index is 781. The van der Waals surface area contributed by atoms with Crippen LogP contribution in [0.1, 0.15) is 0 Å². The summed E-state index contributed by atoms with van der Waals surface area (Å²) in [5.41, 5.74) is 0. The highest BCUT2D eigenvalue weighted by Gasteiger charge is 2.18. The summed E-state index contributed by atoms with van der Waals surface area (Å²) < 4.78 is 34.9. The van der Waals surface area contributed by atoms with Crippen molar-refractivity contribution >= 4 is 41.9 Å². The van der Waals surface area contributed by atoms with E-state index in [4.69, 9.17) is 14.6 Å². The normalized spacial score (nSPS) is 11.2. The summed E-state index contributed by atoms with van der Waals surface area (Å²) >= 11 is 6.64. The second kappa shape index (κ2) is 6.30. The third-order valence-corrected chi connectivity index (χ3v) is 4.62. The molecule has 0 unspecified atom stereocenters. The lowest BCUT2D eigenvalue weighted by Gasteiger charge is -2.12. The van der Waals surface area contributed by atoms with Crippen LogP contribution < -0.4 is 14.6 Å². The van der Waals surface area contributed by atoms with Crippen LogP contribution in [0.25, 0.3) is 0 Å². The van der Waals surface area contributed by atoms with E-state index in [0.717, 1.165) is 0 Å². The highest BCUT2D eigenvalue weighted by Crippen LogP contribution is 2.38. The molecule has 0 saturated carbocycles. The molecule has 9 heteroatoms. The predicted molar refractivity (Wildman–Crippen MR) is 84.1 cm³/mol. The van der Waals surface area contributed by atoms with Crippen molar-refractivity contribution in [2.24, 2.45) is 5.14 Å². The molecule has 0 atom stereocenters. The Kier molecular flexibility index (Phi) is 4.87. The number of primary sulfonamides is 1. The summed E-state index contributed by atoms with van der Waals surface area (Å²) in [6.45, 7) is 0. The zero-order chi connectivity index (χ0) is 15.6.